The van der Waals surface area contributed by atoms with Gasteiger partial charge in [0.2, 0.25) is 5.91 Å². The molecule has 1 aromatic carbocycles. The first-order valence-electron chi connectivity index (χ1n) is 12.9. The summed E-state index contributed by atoms with van der Waals surface area (Å²) in [6.45, 7) is 1.96. The smallest absolute Gasteiger partial charge is 0.407 e. The van der Waals surface area contributed by atoms with Crippen molar-refractivity contribution < 1.29 is 18.7 Å². The molecule has 2 amide bonds. The topological polar surface area (TPSA) is 87.4 Å². The highest BCUT2D eigenvalue weighted by atomic mass is 19.1. The number of carbonyl (C=O) groups is 2. The second-order valence-corrected chi connectivity index (χ2v) is 9.95. The molecule has 0 spiro atoms. The number of hydrogen-bond acceptors (Lipinski definition) is 4. The van der Waals surface area contributed by atoms with E-state index < -0.39 is 11.5 Å². The van der Waals surface area contributed by atoms with Crippen LogP contribution in [0.1, 0.15) is 50.5 Å². The number of rotatable bonds is 8. The Hall–Kier alpha value is -3.34. The number of piperidine rings is 1. The molecule has 3 atom stereocenters. The summed E-state index contributed by atoms with van der Waals surface area (Å²) in [5.41, 5.74) is -0.307. The SMILES string of the molecule is COC(=O)N[C@H]1CCC[C@@H]1[C@](C#N)(c1cccc(F)c1)C1CCN(C(=O)CCCn2cccc2)CC1. The van der Waals surface area contributed by atoms with Gasteiger partial charge in [-0.2, -0.15) is 5.26 Å². The highest BCUT2D eigenvalue weighted by Gasteiger charge is 2.52. The lowest BCUT2D eigenvalue weighted by Crippen LogP contribution is -2.53. The number of nitrogens with one attached hydrogen (secondary N) is 1. The number of likely N-dealkylation sites (tertiary alicyclic amines) is 1. The first kappa shape index (κ1) is 25.7. The minimum atomic E-state index is -0.964. The molecule has 1 saturated heterocycles. The molecular weight excluding hydrogens is 459 g/mol. The molecule has 1 saturated carbocycles. The van der Waals surface area contributed by atoms with Crippen LogP contribution in [-0.2, 0) is 21.5 Å². The van der Waals surface area contributed by atoms with Crippen LogP contribution in [0.15, 0.2) is 48.8 Å². The molecule has 8 heteroatoms. The van der Waals surface area contributed by atoms with Crippen LogP contribution in [-0.4, -0.2) is 47.7 Å². The van der Waals surface area contributed by atoms with Gasteiger partial charge in [-0.15, -0.1) is 0 Å². The Balaban J connectivity index is 1.50. The molecule has 2 aromatic rings. The predicted molar refractivity (Wildman–Crippen MR) is 133 cm³/mol. The van der Waals surface area contributed by atoms with Gasteiger partial charge >= 0.3 is 6.09 Å². The van der Waals surface area contributed by atoms with Crippen molar-refractivity contribution in [2.45, 2.75) is 62.9 Å². The molecule has 4 rings (SSSR count). The molecule has 0 bridgehead atoms. The van der Waals surface area contributed by atoms with Gasteiger partial charge in [-0.05, 0) is 67.9 Å². The molecule has 2 heterocycles. The third kappa shape index (κ3) is 5.40. The molecule has 36 heavy (non-hydrogen) atoms. The summed E-state index contributed by atoms with van der Waals surface area (Å²) in [7, 11) is 1.33. The van der Waals surface area contributed by atoms with Crippen LogP contribution in [0.5, 0.6) is 0 Å². The van der Waals surface area contributed by atoms with Crippen molar-refractivity contribution in [1.29, 1.82) is 5.26 Å². The zero-order valence-corrected chi connectivity index (χ0v) is 20.9. The molecule has 1 N–H and O–H groups in total. The van der Waals surface area contributed by atoms with E-state index in [4.69, 9.17) is 4.74 Å². The van der Waals surface area contributed by atoms with Crippen molar-refractivity contribution in [3.05, 3.63) is 60.2 Å². The normalized spacial score (nSPS) is 22.0. The zero-order chi connectivity index (χ0) is 25.5. The molecule has 2 aliphatic rings. The summed E-state index contributed by atoms with van der Waals surface area (Å²) >= 11 is 0. The third-order valence-electron chi connectivity index (χ3n) is 8.04. The number of amides is 2. The number of nitrogens with zero attached hydrogens (tertiary/aromatic N) is 3. The summed E-state index contributed by atoms with van der Waals surface area (Å²) in [6.07, 6.45) is 8.45. The van der Waals surface area contributed by atoms with Gasteiger partial charge in [-0.1, -0.05) is 18.6 Å². The summed E-state index contributed by atoms with van der Waals surface area (Å²) < 4.78 is 21.3. The molecule has 7 nitrogen and oxygen atoms in total. The molecule has 1 aromatic heterocycles. The first-order chi connectivity index (χ1) is 17.5. The number of halogens is 1. The van der Waals surface area contributed by atoms with Gasteiger partial charge in [0.05, 0.1) is 18.6 Å². The fourth-order valence-electron chi connectivity index (χ4n) is 6.30. The van der Waals surface area contributed by atoms with Crippen molar-refractivity contribution in [2.75, 3.05) is 20.2 Å². The predicted octanol–water partition coefficient (Wildman–Crippen LogP) is 4.63. The summed E-state index contributed by atoms with van der Waals surface area (Å²) in [5, 5.41) is 13.7. The molecule has 0 unspecified atom stereocenters. The van der Waals surface area contributed by atoms with E-state index in [0.29, 0.717) is 37.9 Å². The van der Waals surface area contributed by atoms with E-state index in [1.165, 1.54) is 19.2 Å². The standard InChI is InChI=1S/C28H35FN4O3/c1-36-27(35)31-25-10-5-9-24(25)28(20-30,22-7-4-8-23(29)19-22)21-12-17-33(18-13-21)26(34)11-6-16-32-14-2-3-15-32/h2-4,7-8,14-15,19,21,24-25H,5-6,9-13,16-18H2,1H3,(H,31,35)/t24-,25-,28-/m0/s1. The van der Waals surface area contributed by atoms with Crippen LogP contribution in [0.3, 0.4) is 0 Å². The zero-order valence-electron chi connectivity index (χ0n) is 20.9. The fourth-order valence-corrected chi connectivity index (χ4v) is 6.30. The minimum absolute atomic E-state index is 0.0572. The second kappa shape index (κ2) is 11.6. The average molecular weight is 495 g/mol. The quantitative estimate of drug-likeness (QED) is 0.580. The highest BCUT2D eigenvalue weighted by Crippen LogP contribution is 2.50. The van der Waals surface area contributed by atoms with E-state index in [2.05, 4.69) is 16.0 Å². The average Bonchev–Trinajstić information content (AvgIpc) is 3.58. The maximum Gasteiger partial charge on any atom is 0.407 e. The van der Waals surface area contributed by atoms with Gasteiger partial charge in [0.15, 0.2) is 0 Å². The Morgan fingerprint density at radius 3 is 2.58 bits per heavy atom. The Labute approximate surface area is 212 Å². The largest absolute Gasteiger partial charge is 0.453 e. The number of hydrogen-bond donors (Lipinski definition) is 1. The number of nitriles is 1. The fraction of sp³-hybridized carbons (Fsp3) is 0.536. The summed E-state index contributed by atoms with van der Waals surface area (Å²) in [5.74, 6) is -0.464. The van der Waals surface area contributed by atoms with Crippen LogP contribution >= 0.6 is 0 Å². The van der Waals surface area contributed by atoms with E-state index in [1.807, 2.05) is 35.5 Å². The van der Waals surface area contributed by atoms with Crippen LogP contribution in [0.2, 0.25) is 0 Å². The Morgan fingerprint density at radius 2 is 1.92 bits per heavy atom. The summed E-state index contributed by atoms with van der Waals surface area (Å²) in [4.78, 5) is 26.8. The Bertz CT molecular complexity index is 1070. The van der Waals surface area contributed by atoms with E-state index in [9.17, 15) is 19.2 Å². The van der Waals surface area contributed by atoms with Gasteiger partial charge in [0.1, 0.15) is 5.82 Å². The molecule has 0 radical (unpaired) electrons. The monoisotopic (exact) mass is 494 g/mol. The van der Waals surface area contributed by atoms with Crippen molar-refractivity contribution in [1.82, 2.24) is 14.8 Å². The molecule has 2 fully saturated rings. The lowest BCUT2D eigenvalue weighted by Gasteiger charge is -2.46. The lowest BCUT2D eigenvalue weighted by molar-refractivity contribution is -0.133. The van der Waals surface area contributed by atoms with Gasteiger partial charge in [0, 0.05) is 50.4 Å². The molecule has 1 aliphatic carbocycles. The number of benzene rings is 1. The van der Waals surface area contributed by atoms with Gasteiger partial charge in [0.25, 0.3) is 0 Å². The van der Waals surface area contributed by atoms with Crippen LogP contribution < -0.4 is 5.32 Å². The van der Waals surface area contributed by atoms with E-state index >= 15 is 0 Å². The number of aryl methyl sites for hydroxylation is 1. The van der Waals surface area contributed by atoms with Gasteiger partial charge < -0.3 is 19.5 Å². The lowest BCUT2D eigenvalue weighted by atomic mass is 9.59. The minimum Gasteiger partial charge on any atom is -0.453 e. The van der Waals surface area contributed by atoms with Crippen LogP contribution in [0.4, 0.5) is 9.18 Å². The van der Waals surface area contributed by atoms with Crippen LogP contribution in [0, 0.1) is 29.0 Å². The Kier molecular flexibility index (Phi) is 8.29. The number of aromatic nitrogens is 1. The van der Waals surface area contributed by atoms with Gasteiger partial charge in [-0.3, -0.25) is 4.79 Å². The van der Waals surface area contributed by atoms with Gasteiger partial charge in [-0.25, -0.2) is 9.18 Å². The number of alkyl carbamates (subject to hydrolysis) is 1. The van der Waals surface area contributed by atoms with Crippen molar-refractivity contribution in [3.8, 4) is 6.07 Å². The van der Waals surface area contributed by atoms with E-state index in [1.54, 1.807) is 6.07 Å². The van der Waals surface area contributed by atoms with Crippen molar-refractivity contribution in [3.63, 3.8) is 0 Å². The Morgan fingerprint density at radius 1 is 1.17 bits per heavy atom. The van der Waals surface area contributed by atoms with Crippen molar-refractivity contribution in [2.24, 2.45) is 11.8 Å². The molecular formula is C28H35FN4O3. The molecule has 1 aliphatic heterocycles. The highest BCUT2D eigenvalue weighted by molar-refractivity contribution is 5.76. The number of carbonyl (C=O) groups excluding carboxylic acids is 2. The number of methoxy groups -OCH3 is 1. The maximum atomic E-state index is 14.4. The number of ether oxygens (including phenoxy) is 1. The second-order valence-electron chi connectivity index (χ2n) is 9.95. The van der Waals surface area contributed by atoms with E-state index in [0.717, 1.165) is 32.2 Å². The van der Waals surface area contributed by atoms with Crippen molar-refractivity contribution >= 4 is 12.0 Å². The van der Waals surface area contributed by atoms with Crippen LogP contribution in [0.25, 0.3) is 0 Å². The maximum absolute atomic E-state index is 14.4. The first-order valence-corrected chi connectivity index (χ1v) is 12.9. The van der Waals surface area contributed by atoms with E-state index in [-0.39, 0.29) is 29.6 Å². The molecule has 192 valence electrons. The summed E-state index contributed by atoms with van der Waals surface area (Å²) in [6, 6.07) is 12.7. The third-order valence-corrected chi connectivity index (χ3v) is 8.04.